The molecule has 0 fully saturated rings. The molecule has 0 aliphatic carbocycles. The van der Waals surface area contributed by atoms with Gasteiger partial charge in [0.25, 0.3) is 0 Å². The number of nitrogens with one attached hydrogen (secondary N) is 2. The van der Waals surface area contributed by atoms with E-state index in [1.54, 1.807) is 6.33 Å². The number of amides is 1. The highest BCUT2D eigenvalue weighted by Crippen LogP contribution is 2.25. The molecule has 0 saturated carbocycles. The van der Waals surface area contributed by atoms with Crippen LogP contribution in [0.1, 0.15) is 37.7 Å². The van der Waals surface area contributed by atoms with Crippen molar-refractivity contribution >= 4 is 40.3 Å². The third-order valence-corrected chi connectivity index (χ3v) is 6.41. The first kappa shape index (κ1) is 22.4. The number of nitrogens with zero attached hydrogens (tertiary/aromatic N) is 4. The average molecular weight is 469 g/mol. The largest absolute Gasteiger partial charge is 0.345 e. The van der Waals surface area contributed by atoms with Gasteiger partial charge in [-0.1, -0.05) is 55.4 Å². The van der Waals surface area contributed by atoms with Crippen LogP contribution >= 0.6 is 23.4 Å². The Bertz CT molecular complexity index is 1200. The predicted molar refractivity (Wildman–Crippen MR) is 128 cm³/mol. The van der Waals surface area contributed by atoms with Gasteiger partial charge in [0, 0.05) is 5.02 Å². The lowest BCUT2D eigenvalue weighted by Crippen LogP contribution is -2.31. The van der Waals surface area contributed by atoms with E-state index < -0.39 is 0 Å². The zero-order valence-electron chi connectivity index (χ0n) is 18.2. The van der Waals surface area contributed by atoms with Crippen LogP contribution in [0, 0.1) is 12.8 Å². The van der Waals surface area contributed by atoms with Gasteiger partial charge in [-0.25, -0.2) is 4.98 Å². The van der Waals surface area contributed by atoms with Crippen molar-refractivity contribution in [3.8, 4) is 5.69 Å². The van der Waals surface area contributed by atoms with Crippen molar-refractivity contribution in [1.82, 2.24) is 30.0 Å². The second kappa shape index (κ2) is 9.75. The maximum absolute atomic E-state index is 12.8. The molecule has 4 aromatic rings. The van der Waals surface area contributed by atoms with Gasteiger partial charge in [0.05, 0.1) is 28.5 Å². The van der Waals surface area contributed by atoms with Crippen LogP contribution in [0.3, 0.4) is 0 Å². The topological polar surface area (TPSA) is 88.5 Å². The fraction of sp³-hybridized carbons (Fsp3) is 0.304. The fourth-order valence-corrected chi connectivity index (χ4v) is 4.36. The molecule has 0 spiro atoms. The Morgan fingerprint density at radius 3 is 2.81 bits per heavy atom. The van der Waals surface area contributed by atoms with Gasteiger partial charge in [0.15, 0.2) is 5.16 Å². The molecule has 2 aromatic carbocycles. The smallest absolute Gasteiger partial charge is 0.231 e. The van der Waals surface area contributed by atoms with Crippen LogP contribution in [0.25, 0.3) is 16.7 Å². The number of para-hydroxylation sites is 2. The number of fused-ring (bicyclic) bond motifs is 1. The molecule has 2 N–H and O–H groups in total. The number of H-pyrrole nitrogens is 1. The number of hydrogen-bond donors (Lipinski definition) is 2. The van der Waals surface area contributed by atoms with Crippen molar-refractivity contribution in [2.75, 3.05) is 5.75 Å². The lowest BCUT2D eigenvalue weighted by Gasteiger charge is -2.18. The predicted octanol–water partition coefficient (Wildman–Crippen LogP) is 5.10. The number of aromatic nitrogens is 5. The van der Waals surface area contributed by atoms with Crippen molar-refractivity contribution < 1.29 is 4.79 Å². The highest BCUT2D eigenvalue weighted by atomic mass is 35.5. The Morgan fingerprint density at radius 1 is 1.25 bits per heavy atom. The summed E-state index contributed by atoms with van der Waals surface area (Å²) in [7, 11) is 0. The van der Waals surface area contributed by atoms with Crippen LogP contribution in [-0.4, -0.2) is 36.4 Å². The molecule has 166 valence electrons. The molecule has 1 atom stereocenters. The highest BCUT2D eigenvalue weighted by Gasteiger charge is 2.20. The summed E-state index contributed by atoms with van der Waals surface area (Å²) in [5, 5.41) is 12.6. The number of carbonyl (C=O) groups is 1. The van der Waals surface area contributed by atoms with Crippen LogP contribution < -0.4 is 5.32 Å². The zero-order valence-corrected chi connectivity index (χ0v) is 19.7. The highest BCUT2D eigenvalue weighted by molar-refractivity contribution is 7.99. The molecule has 0 radical (unpaired) electrons. The fourth-order valence-electron chi connectivity index (χ4n) is 3.45. The molecule has 2 aromatic heterocycles. The van der Waals surface area contributed by atoms with Gasteiger partial charge in [-0.2, -0.15) is 0 Å². The number of imidazole rings is 1. The lowest BCUT2D eigenvalue weighted by molar-refractivity contribution is -0.119. The first-order chi connectivity index (χ1) is 15.4. The number of halogens is 1. The number of hydrogen-bond acceptors (Lipinski definition) is 5. The summed E-state index contributed by atoms with van der Waals surface area (Å²) < 4.78 is 1.83. The summed E-state index contributed by atoms with van der Waals surface area (Å²) >= 11 is 7.59. The van der Waals surface area contributed by atoms with Crippen LogP contribution in [0.15, 0.2) is 53.9 Å². The van der Waals surface area contributed by atoms with Crippen LogP contribution in [0.4, 0.5) is 0 Å². The number of benzene rings is 2. The van der Waals surface area contributed by atoms with E-state index in [2.05, 4.69) is 39.3 Å². The van der Waals surface area contributed by atoms with Gasteiger partial charge in [0.2, 0.25) is 5.91 Å². The van der Waals surface area contributed by atoms with E-state index in [4.69, 9.17) is 11.6 Å². The molecule has 32 heavy (non-hydrogen) atoms. The van der Waals surface area contributed by atoms with Crippen molar-refractivity contribution in [2.24, 2.45) is 5.92 Å². The summed E-state index contributed by atoms with van der Waals surface area (Å²) in [4.78, 5) is 20.8. The van der Waals surface area contributed by atoms with Crippen molar-refractivity contribution in [1.29, 1.82) is 0 Å². The van der Waals surface area contributed by atoms with Gasteiger partial charge in [-0.3, -0.25) is 9.36 Å². The van der Waals surface area contributed by atoms with Crippen LogP contribution in [0.5, 0.6) is 0 Å². The van der Waals surface area contributed by atoms with E-state index in [0.717, 1.165) is 34.5 Å². The first-order valence-corrected chi connectivity index (χ1v) is 11.8. The lowest BCUT2D eigenvalue weighted by atomic mass is 10.0. The molecule has 0 aliphatic heterocycles. The van der Waals surface area contributed by atoms with Crippen molar-refractivity contribution in [2.45, 2.75) is 38.4 Å². The molecule has 1 unspecified atom stereocenters. The maximum Gasteiger partial charge on any atom is 0.231 e. The van der Waals surface area contributed by atoms with E-state index in [0.29, 0.717) is 16.1 Å². The number of aryl methyl sites for hydroxylation is 1. The van der Waals surface area contributed by atoms with E-state index in [1.807, 2.05) is 54.0 Å². The minimum absolute atomic E-state index is 0.0856. The molecule has 0 bridgehead atoms. The molecule has 7 nitrogen and oxygen atoms in total. The monoisotopic (exact) mass is 468 g/mol. The SMILES string of the molecule is Cc1ccc(-n2cnnc2SCC(=O)NC(CC(C)C)c2nc3ccccc3[nH]2)cc1Cl. The van der Waals surface area contributed by atoms with E-state index in [-0.39, 0.29) is 17.7 Å². The second-order valence-corrected chi connectivity index (χ2v) is 9.44. The summed E-state index contributed by atoms with van der Waals surface area (Å²) in [6.45, 7) is 6.21. The van der Waals surface area contributed by atoms with Gasteiger partial charge >= 0.3 is 0 Å². The van der Waals surface area contributed by atoms with Crippen molar-refractivity contribution in [3.05, 3.63) is 65.2 Å². The van der Waals surface area contributed by atoms with E-state index >= 15 is 0 Å². The molecule has 1 amide bonds. The third kappa shape index (κ3) is 5.14. The number of thioether (sulfide) groups is 1. The van der Waals surface area contributed by atoms with Gasteiger partial charge < -0.3 is 10.3 Å². The number of carbonyl (C=O) groups excluding carboxylic acids is 1. The molecular formula is C23H25ClN6OS. The maximum atomic E-state index is 12.8. The van der Waals surface area contributed by atoms with E-state index in [1.165, 1.54) is 11.8 Å². The van der Waals surface area contributed by atoms with E-state index in [9.17, 15) is 4.79 Å². The van der Waals surface area contributed by atoms with Gasteiger partial charge in [-0.05, 0) is 49.1 Å². The normalized spacial score (nSPS) is 12.4. The summed E-state index contributed by atoms with van der Waals surface area (Å²) in [5.74, 6) is 1.30. The molecule has 2 heterocycles. The second-order valence-electron chi connectivity index (χ2n) is 8.09. The van der Waals surface area contributed by atoms with Crippen LogP contribution in [0.2, 0.25) is 5.02 Å². The quantitative estimate of drug-likeness (QED) is 0.351. The van der Waals surface area contributed by atoms with Crippen LogP contribution in [-0.2, 0) is 4.79 Å². The standard InChI is InChI=1S/C23H25ClN6OS/c1-14(2)10-20(22-27-18-6-4-5-7-19(18)28-22)26-21(31)12-32-23-29-25-13-30(23)16-9-8-15(3)17(24)11-16/h4-9,11,13-14,20H,10,12H2,1-3H3,(H,26,31)(H,27,28). The third-order valence-electron chi connectivity index (χ3n) is 5.06. The molecule has 4 rings (SSSR count). The minimum Gasteiger partial charge on any atom is -0.345 e. The minimum atomic E-state index is -0.190. The Morgan fingerprint density at radius 2 is 2.06 bits per heavy atom. The number of rotatable bonds is 8. The van der Waals surface area contributed by atoms with Crippen molar-refractivity contribution in [3.63, 3.8) is 0 Å². The number of aromatic amines is 1. The summed E-state index contributed by atoms with van der Waals surface area (Å²) in [5.41, 5.74) is 3.71. The Hall–Kier alpha value is -2.84. The summed E-state index contributed by atoms with van der Waals surface area (Å²) in [6.07, 6.45) is 2.41. The van der Waals surface area contributed by atoms with Gasteiger partial charge in [-0.15, -0.1) is 10.2 Å². The molecule has 0 aliphatic rings. The Labute approximate surface area is 196 Å². The Kier molecular flexibility index (Phi) is 6.81. The first-order valence-electron chi connectivity index (χ1n) is 10.4. The molecular weight excluding hydrogens is 444 g/mol. The molecule has 0 saturated heterocycles. The Balaban J connectivity index is 1.45. The molecule has 9 heteroatoms. The summed E-state index contributed by atoms with van der Waals surface area (Å²) in [6, 6.07) is 13.4. The zero-order chi connectivity index (χ0) is 22.7. The average Bonchev–Trinajstić information content (AvgIpc) is 3.40. The van der Waals surface area contributed by atoms with Gasteiger partial charge in [0.1, 0.15) is 12.2 Å².